The number of hydrogen-bond donors (Lipinski definition) is 1. The number of hydrogen-bond acceptors (Lipinski definition) is 2. The maximum atomic E-state index is 13.2. The predicted octanol–water partition coefficient (Wildman–Crippen LogP) is 3.93. The van der Waals surface area contributed by atoms with Gasteiger partial charge in [0.05, 0.1) is 0 Å². The number of aryl methyl sites for hydroxylation is 2. The van der Waals surface area contributed by atoms with Crippen LogP contribution in [0.4, 0.5) is 5.69 Å². The molecule has 1 fully saturated rings. The van der Waals surface area contributed by atoms with E-state index in [1.807, 2.05) is 6.07 Å². The van der Waals surface area contributed by atoms with E-state index in [-0.39, 0.29) is 5.92 Å². The molecular formula is C24H27N3O. The van der Waals surface area contributed by atoms with Gasteiger partial charge in [-0.2, -0.15) is 0 Å². The van der Waals surface area contributed by atoms with Gasteiger partial charge in [-0.25, -0.2) is 0 Å². The lowest BCUT2D eigenvalue weighted by atomic mass is 9.85. The summed E-state index contributed by atoms with van der Waals surface area (Å²) in [5.74, 6) is 0.468. The van der Waals surface area contributed by atoms with E-state index in [0.29, 0.717) is 5.91 Å². The van der Waals surface area contributed by atoms with Crippen molar-refractivity contribution in [1.82, 2.24) is 9.88 Å². The maximum Gasteiger partial charge on any atom is 0.226 e. The van der Waals surface area contributed by atoms with Crippen molar-refractivity contribution < 1.29 is 4.79 Å². The average Bonchev–Trinajstić information content (AvgIpc) is 3.11. The van der Waals surface area contributed by atoms with E-state index in [0.717, 1.165) is 45.4 Å². The molecule has 144 valence electrons. The predicted molar refractivity (Wildman–Crippen MR) is 114 cm³/mol. The number of nitrogens with one attached hydrogen (secondary N) is 1. The standard InChI is InChI=1S/C24H27N3O/c1-17-7-9-22-20(15-17)21-16-18(8-10-23(21)25-22)24(28)27-13-11-26(12-14-27)19-5-3-2-4-6-19/h2-7,9,15,18,25H,8,10-14,16H2,1H3. The third-order valence-electron chi connectivity index (χ3n) is 6.41. The van der Waals surface area contributed by atoms with Crippen LogP contribution in [0.3, 0.4) is 0 Å². The summed E-state index contributed by atoms with van der Waals surface area (Å²) < 4.78 is 0. The highest BCUT2D eigenvalue weighted by molar-refractivity contribution is 5.87. The number of rotatable bonds is 2. The normalized spacial score (nSPS) is 19.7. The summed E-state index contributed by atoms with van der Waals surface area (Å²) in [4.78, 5) is 21.3. The zero-order valence-electron chi connectivity index (χ0n) is 16.4. The van der Waals surface area contributed by atoms with Crippen molar-refractivity contribution in [3.8, 4) is 0 Å². The molecule has 2 heterocycles. The first-order chi connectivity index (χ1) is 13.7. The minimum atomic E-state index is 0.121. The van der Waals surface area contributed by atoms with Gasteiger partial charge in [0.1, 0.15) is 0 Å². The van der Waals surface area contributed by atoms with Crippen LogP contribution >= 0.6 is 0 Å². The number of para-hydroxylation sites is 1. The number of piperazine rings is 1. The Morgan fingerprint density at radius 1 is 1.04 bits per heavy atom. The van der Waals surface area contributed by atoms with E-state index in [1.54, 1.807) is 0 Å². The van der Waals surface area contributed by atoms with Crippen LogP contribution in [0.25, 0.3) is 10.9 Å². The Labute approximate surface area is 166 Å². The molecule has 1 amide bonds. The molecule has 4 nitrogen and oxygen atoms in total. The number of carbonyl (C=O) groups is 1. The van der Waals surface area contributed by atoms with Crippen LogP contribution in [0.1, 0.15) is 23.2 Å². The summed E-state index contributed by atoms with van der Waals surface area (Å²) in [6, 6.07) is 17.1. The molecule has 1 unspecified atom stereocenters. The summed E-state index contributed by atoms with van der Waals surface area (Å²) >= 11 is 0. The van der Waals surface area contributed by atoms with Crippen molar-refractivity contribution in [3.05, 3.63) is 65.4 Å². The molecule has 28 heavy (non-hydrogen) atoms. The summed E-state index contributed by atoms with van der Waals surface area (Å²) in [5, 5.41) is 1.31. The third-order valence-corrected chi connectivity index (χ3v) is 6.41. The molecule has 0 radical (unpaired) electrons. The van der Waals surface area contributed by atoms with E-state index in [4.69, 9.17) is 0 Å². The largest absolute Gasteiger partial charge is 0.368 e. The number of fused-ring (bicyclic) bond motifs is 3. The Hall–Kier alpha value is -2.75. The van der Waals surface area contributed by atoms with Crippen LogP contribution in [-0.4, -0.2) is 42.0 Å². The van der Waals surface area contributed by atoms with E-state index in [2.05, 4.69) is 64.2 Å². The summed E-state index contributed by atoms with van der Waals surface area (Å²) in [7, 11) is 0. The Balaban J connectivity index is 1.28. The fourth-order valence-corrected chi connectivity index (χ4v) is 4.82. The van der Waals surface area contributed by atoms with Crippen molar-refractivity contribution in [1.29, 1.82) is 0 Å². The molecule has 2 aliphatic rings. The van der Waals surface area contributed by atoms with Gasteiger partial charge in [-0.05, 0) is 56.0 Å². The Morgan fingerprint density at radius 3 is 2.61 bits per heavy atom. The van der Waals surface area contributed by atoms with Gasteiger partial charge in [-0.15, -0.1) is 0 Å². The van der Waals surface area contributed by atoms with Gasteiger partial charge >= 0.3 is 0 Å². The second kappa shape index (κ2) is 7.01. The van der Waals surface area contributed by atoms with Crippen LogP contribution in [0.5, 0.6) is 0 Å². The topological polar surface area (TPSA) is 39.3 Å². The SMILES string of the molecule is Cc1ccc2[nH]c3c(c2c1)CC(C(=O)N1CCN(c2ccccc2)CC1)CC3. The van der Waals surface area contributed by atoms with Crippen LogP contribution in [0.2, 0.25) is 0 Å². The molecule has 1 aliphatic heterocycles. The Morgan fingerprint density at radius 2 is 1.82 bits per heavy atom. The number of amides is 1. The first-order valence-electron chi connectivity index (χ1n) is 10.4. The molecule has 1 aromatic heterocycles. The molecular weight excluding hydrogens is 346 g/mol. The number of anilines is 1. The van der Waals surface area contributed by atoms with Gasteiger partial charge in [0.2, 0.25) is 5.91 Å². The number of H-pyrrole nitrogens is 1. The van der Waals surface area contributed by atoms with Crippen LogP contribution in [0, 0.1) is 12.8 Å². The molecule has 5 rings (SSSR count). The molecule has 0 saturated carbocycles. The summed E-state index contributed by atoms with van der Waals surface area (Å²) in [5.41, 5.74) is 6.44. The molecule has 4 heteroatoms. The first-order valence-corrected chi connectivity index (χ1v) is 10.4. The number of aromatic amines is 1. The number of benzene rings is 2. The summed E-state index contributed by atoms with van der Waals surface area (Å²) in [6.45, 7) is 5.62. The highest BCUT2D eigenvalue weighted by atomic mass is 16.2. The third kappa shape index (κ3) is 3.07. The number of carbonyl (C=O) groups excluding carboxylic acids is 1. The van der Waals surface area contributed by atoms with Gasteiger partial charge in [-0.1, -0.05) is 29.8 Å². The second-order valence-corrected chi connectivity index (χ2v) is 8.22. The van der Waals surface area contributed by atoms with Crippen LogP contribution < -0.4 is 4.90 Å². The lowest BCUT2D eigenvalue weighted by Crippen LogP contribution is -2.51. The molecule has 0 bridgehead atoms. The number of nitrogens with zero attached hydrogens (tertiary/aromatic N) is 2. The lowest BCUT2D eigenvalue weighted by Gasteiger charge is -2.38. The zero-order chi connectivity index (χ0) is 19.1. The average molecular weight is 374 g/mol. The van der Waals surface area contributed by atoms with E-state index in [9.17, 15) is 4.79 Å². The summed E-state index contributed by atoms with van der Waals surface area (Å²) in [6.07, 6.45) is 2.80. The first kappa shape index (κ1) is 17.4. The Bertz CT molecular complexity index is 999. The molecule has 1 N–H and O–H groups in total. The van der Waals surface area contributed by atoms with Crippen molar-refractivity contribution in [2.24, 2.45) is 5.92 Å². The lowest BCUT2D eigenvalue weighted by molar-refractivity contribution is -0.136. The molecule has 1 aliphatic carbocycles. The van der Waals surface area contributed by atoms with Gasteiger partial charge in [0.15, 0.2) is 0 Å². The van der Waals surface area contributed by atoms with E-state index >= 15 is 0 Å². The van der Waals surface area contributed by atoms with Crippen molar-refractivity contribution in [2.45, 2.75) is 26.2 Å². The monoisotopic (exact) mass is 373 g/mol. The fourth-order valence-electron chi connectivity index (χ4n) is 4.82. The molecule has 1 atom stereocenters. The molecule has 2 aromatic carbocycles. The Kier molecular flexibility index (Phi) is 4.34. The van der Waals surface area contributed by atoms with Crippen molar-refractivity contribution in [3.63, 3.8) is 0 Å². The highest BCUT2D eigenvalue weighted by Gasteiger charge is 2.31. The van der Waals surface area contributed by atoms with Crippen molar-refractivity contribution >= 4 is 22.5 Å². The number of aromatic nitrogens is 1. The second-order valence-electron chi connectivity index (χ2n) is 8.22. The van der Waals surface area contributed by atoms with Gasteiger partial charge in [0, 0.05) is 54.4 Å². The van der Waals surface area contributed by atoms with Gasteiger partial charge < -0.3 is 14.8 Å². The van der Waals surface area contributed by atoms with Gasteiger partial charge in [0.25, 0.3) is 0 Å². The van der Waals surface area contributed by atoms with E-state index in [1.165, 1.54) is 33.4 Å². The fraction of sp³-hybridized carbons (Fsp3) is 0.375. The highest BCUT2D eigenvalue weighted by Crippen LogP contribution is 2.33. The van der Waals surface area contributed by atoms with E-state index < -0.39 is 0 Å². The van der Waals surface area contributed by atoms with Gasteiger partial charge in [-0.3, -0.25) is 4.79 Å². The zero-order valence-corrected chi connectivity index (χ0v) is 16.4. The van der Waals surface area contributed by atoms with Crippen LogP contribution in [-0.2, 0) is 17.6 Å². The minimum Gasteiger partial charge on any atom is -0.368 e. The molecule has 3 aromatic rings. The minimum absolute atomic E-state index is 0.121. The molecule has 1 saturated heterocycles. The quantitative estimate of drug-likeness (QED) is 0.739. The molecule has 0 spiro atoms. The van der Waals surface area contributed by atoms with Crippen LogP contribution in [0.15, 0.2) is 48.5 Å². The van der Waals surface area contributed by atoms with Crippen molar-refractivity contribution in [2.75, 3.05) is 31.1 Å². The maximum absolute atomic E-state index is 13.2. The smallest absolute Gasteiger partial charge is 0.226 e.